The number of aromatic nitrogens is 2. The molecule has 0 radical (unpaired) electrons. The lowest BCUT2D eigenvalue weighted by molar-refractivity contribution is -0.387. The normalized spacial score (nSPS) is 9.12. The van der Waals surface area contributed by atoms with Crippen molar-refractivity contribution in [1.29, 1.82) is 0 Å². The molecule has 3 heteroatoms. The fourth-order valence-corrected chi connectivity index (χ4v) is 0.459. The molecule has 1 rings (SSSR count). The van der Waals surface area contributed by atoms with Crippen LogP contribution in [0, 0.1) is 0 Å². The molecule has 0 amide bonds. The van der Waals surface area contributed by atoms with Crippen molar-refractivity contribution in [3.63, 3.8) is 0 Å². The second-order valence-electron chi connectivity index (χ2n) is 1.45. The summed E-state index contributed by atoms with van der Waals surface area (Å²) in [7, 11) is 0. The van der Waals surface area contributed by atoms with Crippen LogP contribution in [-0.2, 0) is 6.54 Å². The highest BCUT2D eigenvalue weighted by molar-refractivity contribution is 4.90. The zero-order chi connectivity index (χ0) is 5.82. The van der Waals surface area contributed by atoms with E-state index in [9.17, 15) is 0 Å². The monoisotopic (exact) mass is 110 g/mol. The van der Waals surface area contributed by atoms with Crippen LogP contribution in [0.15, 0.2) is 18.6 Å². The lowest BCUT2D eigenvalue weighted by Crippen LogP contribution is -2.47. The summed E-state index contributed by atoms with van der Waals surface area (Å²) in [6, 6.07) is 0. The third-order valence-electron chi connectivity index (χ3n) is 0.873. The molecule has 0 bridgehead atoms. The van der Waals surface area contributed by atoms with Gasteiger partial charge in [0.2, 0.25) is 0 Å². The van der Waals surface area contributed by atoms with Crippen LogP contribution < -0.4 is 5.73 Å². The minimum atomic E-state index is 0.716. The molecule has 8 heavy (non-hydrogen) atoms. The van der Waals surface area contributed by atoms with E-state index in [1.165, 1.54) is 0 Å². The summed E-state index contributed by atoms with van der Waals surface area (Å²) in [5.74, 6) is 0. The first-order valence-electron chi connectivity index (χ1n) is 2.47. The van der Waals surface area contributed by atoms with Crippen molar-refractivity contribution in [2.24, 2.45) is 0 Å². The highest BCUT2D eigenvalue weighted by Gasteiger charge is 1.86. The molecule has 0 aliphatic heterocycles. The van der Waals surface area contributed by atoms with Gasteiger partial charge in [-0.05, 0) is 0 Å². The Bertz CT molecular complexity index is 149. The summed E-state index contributed by atoms with van der Waals surface area (Å²) >= 11 is 0. The number of hydrogen-bond acceptors (Lipinski definition) is 2. The molecular formula is C5H8N3+. The van der Waals surface area contributed by atoms with Crippen LogP contribution in [0.1, 0.15) is 5.69 Å². The zero-order valence-corrected chi connectivity index (χ0v) is 4.54. The van der Waals surface area contributed by atoms with Gasteiger partial charge in [-0.25, -0.2) is 0 Å². The van der Waals surface area contributed by atoms with Crippen LogP contribution in [0.25, 0.3) is 0 Å². The van der Waals surface area contributed by atoms with E-state index in [2.05, 4.69) is 15.7 Å². The number of quaternary nitrogens is 1. The van der Waals surface area contributed by atoms with E-state index in [0.717, 1.165) is 5.69 Å². The lowest BCUT2D eigenvalue weighted by atomic mass is 10.5. The summed E-state index contributed by atoms with van der Waals surface area (Å²) < 4.78 is 0. The topological polar surface area (TPSA) is 53.4 Å². The molecule has 42 valence electrons. The van der Waals surface area contributed by atoms with Gasteiger partial charge in [-0.1, -0.05) is 0 Å². The van der Waals surface area contributed by atoms with Gasteiger partial charge < -0.3 is 5.73 Å². The lowest BCUT2D eigenvalue weighted by Gasteiger charge is -1.86. The molecule has 3 N–H and O–H groups in total. The number of hydrogen-bond donors (Lipinski definition) is 1. The quantitative estimate of drug-likeness (QED) is 0.515. The van der Waals surface area contributed by atoms with Crippen LogP contribution in [0.4, 0.5) is 0 Å². The van der Waals surface area contributed by atoms with Crippen molar-refractivity contribution < 1.29 is 5.73 Å². The Morgan fingerprint density at radius 1 is 1.50 bits per heavy atom. The number of nitrogens with zero attached hydrogens (tertiary/aromatic N) is 2. The second-order valence-corrected chi connectivity index (χ2v) is 1.45. The molecule has 0 aliphatic rings. The third-order valence-corrected chi connectivity index (χ3v) is 0.873. The average molecular weight is 110 g/mol. The van der Waals surface area contributed by atoms with Gasteiger partial charge in [0.05, 0.1) is 6.20 Å². The smallest absolute Gasteiger partial charge is 0.118 e. The minimum Gasteiger partial charge on any atom is -0.352 e. The third kappa shape index (κ3) is 1.01. The van der Waals surface area contributed by atoms with Gasteiger partial charge in [-0.2, -0.15) is 0 Å². The maximum absolute atomic E-state index is 3.97. The predicted molar refractivity (Wildman–Crippen MR) is 28.6 cm³/mol. The Kier molecular flexibility index (Phi) is 1.54. The Hall–Kier alpha value is -0.960. The highest BCUT2D eigenvalue weighted by atomic mass is 14.8. The molecule has 0 aromatic carbocycles. The van der Waals surface area contributed by atoms with Gasteiger partial charge in [0, 0.05) is 12.4 Å². The molecule has 1 aromatic rings. The summed E-state index contributed by atoms with van der Waals surface area (Å²) in [5, 5.41) is 0. The van der Waals surface area contributed by atoms with Gasteiger partial charge >= 0.3 is 0 Å². The molecule has 1 aromatic heterocycles. The Morgan fingerprint density at radius 2 is 2.38 bits per heavy atom. The Labute approximate surface area is 47.6 Å². The van der Waals surface area contributed by atoms with Crippen LogP contribution in [0.2, 0.25) is 0 Å². The summed E-state index contributed by atoms with van der Waals surface area (Å²) in [6.07, 6.45) is 5.03. The maximum atomic E-state index is 3.97. The molecule has 0 unspecified atom stereocenters. The maximum Gasteiger partial charge on any atom is 0.118 e. The molecule has 0 saturated heterocycles. The van der Waals surface area contributed by atoms with Crippen molar-refractivity contribution in [3.05, 3.63) is 24.3 Å². The Balaban J connectivity index is 2.83. The van der Waals surface area contributed by atoms with E-state index >= 15 is 0 Å². The van der Waals surface area contributed by atoms with E-state index in [0.29, 0.717) is 6.54 Å². The van der Waals surface area contributed by atoms with E-state index in [1.54, 1.807) is 18.6 Å². The first-order chi connectivity index (χ1) is 3.93. The van der Waals surface area contributed by atoms with Crippen LogP contribution in [-0.4, -0.2) is 9.97 Å². The highest BCUT2D eigenvalue weighted by Crippen LogP contribution is 1.82. The van der Waals surface area contributed by atoms with Crippen molar-refractivity contribution in [2.45, 2.75) is 6.54 Å². The number of rotatable bonds is 1. The fourth-order valence-electron chi connectivity index (χ4n) is 0.459. The second kappa shape index (κ2) is 2.37. The molecule has 1 heterocycles. The van der Waals surface area contributed by atoms with Gasteiger partial charge in [-0.15, -0.1) is 0 Å². The van der Waals surface area contributed by atoms with Gasteiger partial charge in [0.1, 0.15) is 12.2 Å². The molecule has 0 saturated carbocycles. The minimum absolute atomic E-state index is 0.716. The van der Waals surface area contributed by atoms with Crippen molar-refractivity contribution in [3.8, 4) is 0 Å². The average Bonchev–Trinajstić information content (AvgIpc) is 1.90. The van der Waals surface area contributed by atoms with Gasteiger partial charge in [-0.3, -0.25) is 9.97 Å². The molecule has 0 atom stereocenters. The summed E-state index contributed by atoms with van der Waals surface area (Å²) in [4.78, 5) is 7.83. The zero-order valence-electron chi connectivity index (χ0n) is 4.54. The summed E-state index contributed by atoms with van der Waals surface area (Å²) in [6.45, 7) is 0.716. The Morgan fingerprint density at radius 3 is 2.75 bits per heavy atom. The largest absolute Gasteiger partial charge is 0.352 e. The van der Waals surface area contributed by atoms with Crippen molar-refractivity contribution in [1.82, 2.24) is 9.97 Å². The molecule has 3 nitrogen and oxygen atoms in total. The van der Waals surface area contributed by atoms with Crippen molar-refractivity contribution in [2.75, 3.05) is 0 Å². The SMILES string of the molecule is [NH3+]Cc1cnccn1. The predicted octanol–water partition coefficient (Wildman–Crippen LogP) is -0.782. The molecular weight excluding hydrogens is 102 g/mol. The van der Waals surface area contributed by atoms with E-state index in [-0.39, 0.29) is 0 Å². The van der Waals surface area contributed by atoms with Crippen molar-refractivity contribution >= 4 is 0 Å². The fraction of sp³-hybridized carbons (Fsp3) is 0.200. The van der Waals surface area contributed by atoms with Gasteiger partial charge in [0.15, 0.2) is 0 Å². The summed E-state index contributed by atoms with van der Waals surface area (Å²) in [5.41, 5.74) is 4.59. The van der Waals surface area contributed by atoms with E-state index in [1.807, 2.05) is 0 Å². The first kappa shape index (κ1) is 5.18. The van der Waals surface area contributed by atoms with E-state index < -0.39 is 0 Å². The standard InChI is InChI=1S/C5H7N3/c6-3-5-4-7-1-2-8-5/h1-2,4H,3,6H2/p+1. The molecule has 0 spiro atoms. The van der Waals surface area contributed by atoms with Gasteiger partial charge in [0.25, 0.3) is 0 Å². The molecule has 0 fully saturated rings. The van der Waals surface area contributed by atoms with E-state index in [4.69, 9.17) is 0 Å². The first-order valence-corrected chi connectivity index (χ1v) is 2.47. The van der Waals surface area contributed by atoms with Crippen LogP contribution in [0.5, 0.6) is 0 Å². The van der Waals surface area contributed by atoms with Crippen LogP contribution >= 0.6 is 0 Å². The molecule has 0 aliphatic carbocycles. The van der Waals surface area contributed by atoms with Crippen LogP contribution in [0.3, 0.4) is 0 Å².